The Hall–Kier alpha value is -6.54. The Morgan fingerprint density at radius 2 is 1.18 bits per heavy atom. The molecule has 0 aliphatic heterocycles. The van der Waals surface area contributed by atoms with Gasteiger partial charge in [0.1, 0.15) is 23.9 Å². The zero-order valence-corrected chi connectivity index (χ0v) is 35.9. The Morgan fingerprint density at radius 3 is 1.81 bits per heavy atom. The first-order chi connectivity index (χ1) is 30.4. The quantitative estimate of drug-likeness (QED) is 0.114. The fraction of sp³-hybridized carbons (Fsp3) is 0.296. The molecule has 318 valence electrons. The lowest BCUT2D eigenvalue weighted by Crippen LogP contribution is -2.33. The van der Waals surface area contributed by atoms with Crippen LogP contribution in [-0.2, 0) is 9.53 Å². The lowest BCUT2D eigenvalue weighted by Gasteiger charge is -2.23. The number of rotatable bonds is 14. The van der Waals surface area contributed by atoms with E-state index in [1.165, 1.54) is 50.5 Å². The Morgan fingerprint density at radius 1 is 0.613 bits per heavy atom. The number of amides is 2. The first-order valence-corrected chi connectivity index (χ1v) is 21.9. The molecule has 0 aromatic heterocycles. The summed E-state index contributed by atoms with van der Waals surface area (Å²) >= 11 is 0. The summed E-state index contributed by atoms with van der Waals surface area (Å²) in [5.74, 6) is 1.96. The van der Waals surface area contributed by atoms with Crippen LogP contribution < -0.4 is 24.8 Å². The Kier molecular flexibility index (Phi) is 13.5. The van der Waals surface area contributed by atoms with Crippen molar-refractivity contribution in [3.63, 3.8) is 0 Å². The molecule has 2 N–H and O–H groups in total. The number of carbonyl (C=O) groups is 2. The summed E-state index contributed by atoms with van der Waals surface area (Å²) in [7, 11) is 3.18. The summed E-state index contributed by atoms with van der Waals surface area (Å²) in [6.07, 6.45) is 8.47. The van der Waals surface area contributed by atoms with Gasteiger partial charge >= 0.3 is 6.09 Å². The van der Waals surface area contributed by atoms with Crippen molar-refractivity contribution in [3.8, 4) is 28.4 Å². The van der Waals surface area contributed by atoms with Crippen molar-refractivity contribution in [1.82, 2.24) is 10.6 Å². The maximum Gasteiger partial charge on any atom is 0.407 e. The van der Waals surface area contributed by atoms with Gasteiger partial charge in [0.05, 0.1) is 26.3 Å². The molecular formula is C54H56N2O6. The molecule has 0 saturated heterocycles. The van der Waals surface area contributed by atoms with Crippen LogP contribution in [0.15, 0.2) is 140 Å². The highest BCUT2D eigenvalue weighted by atomic mass is 16.5. The van der Waals surface area contributed by atoms with Gasteiger partial charge in [0, 0.05) is 17.5 Å². The lowest BCUT2D eigenvalue weighted by atomic mass is 9.85. The molecule has 8 rings (SSSR count). The number of alkyl carbamates (subject to hydrolysis) is 1. The molecule has 2 unspecified atom stereocenters. The Labute approximate surface area is 365 Å². The van der Waals surface area contributed by atoms with Gasteiger partial charge in [-0.1, -0.05) is 147 Å². The molecule has 2 atom stereocenters. The van der Waals surface area contributed by atoms with Crippen molar-refractivity contribution in [2.24, 2.45) is 0 Å². The van der Waals surface area contributed by atoms with Crippen LogP contribution in [0.25, 0.3) is 11.1 Å². The Bertz CT molecular complexity index is 2390. The topological polar surface area (TPSA) is 95.1 Å². The van der Waals surface area contributed by atoms with Gasteiger partial charge in [0.15, 0.2) is 6.61 Å². The predicted octanol–water partition coefficient (Wildman–Crippen LogP) is 11.8. The van der Waals surface area contributed by atoms with Crippen LogP contribution in [0.1, 0.15) is 113 Å². The number of nitrogens with one attached hydrogen (secondary N) is 2. The summed E-state index contributed by atoms with van der Waals surface area (Å²) in [5.41, 5.74) is 10.7. The van der Waals surface area contributed by atoms with Crippen LogP contribution in [0.5, 0.6) is 17.2 Å². The van der Waals surface area contributed by atoms with E-state index >= 15 is 0 Å². The molecule has 8 heteroatoms. The van der Waals surface area contributed by atoms with Crippen LogP contribution in [0.3, 0.4) is 0 Å². The summed E-state index contributed by atoms with van der Waals surface area (Å²) in [5, 5.41) is 6.34. The monoisotopic (exact) mass is 828 g/mol. The van der Waals surface area contributed by atoms with Crippen LogP contribution >= 0.6 is 0 Å². The first kappa shape index (κ1) is 42.2. The second-order valence-electron chi connectivity index (χ2n) is 16.5. The van der Waals surface area contributed by atoms with Gasteiger partial charge in [0.25, 0.3) is 5.91 Å². The van der Waals surface area contributed by atoms with Crippen molar-refractivity contribution in [2.75, 3.05) is 27.4 Å². The van der Waals surface area contributed by atoms with E-state index in [4.69, 9.17) is 18.9 Å². The summed E-state index contributed by atoms with van der Waals surface area (Å²) < 4.78 is 23.3. The third kappa shape index (κ3) is 9.81. The van der Waals surface area contributed by atoms with Crippen molar-refractivity contribution in [1.29, 1.82) is 0 Å². The number of fused-ring (bicyclic) bond motifs is 3. The Balaban J connectivity index is 0.954. The number of benzene rings is 6. The molecule has 6 aromatic rings. The first-order valence-electron chi connectivity index (χ1n) is 21.9. The minimum absolute atomic E-state index is 0.0796. The van der Waals surface area contributed by atoms with E-state index in [1.807, 2.05) is 48.5 Å². The maximum atomic E-state index is 13.7. The van der Waals surface area contributed by atoms with Crippen LogP contribution in [0.2, 0.25) is 0 Å². The molecule has 2 aliphatic rings. The highest BCUT2D eigenvalue weighted by molar-refractivity contribution is 5.80. The standard InChI is InChI=1S/C54H56N2O6/c1-36-19-21-39(22-20-36)52(40-25-23-38(24-26-40)37-13-7-5-4-6-8-14-37)55-51(57)35-61-42-29-27-41(28-30-42)53(48-32-31-43(59-2)33-50(48)60-3)56-54(58)62-34-49-46-17-11-9-15-44(46)45-16-10-12-18-47(45)49/h9-12,15-33,37,49,52-53H,4-8,13-14,34-35H2,1-3H3,(H,55,57)(H,56,58). The number of ether oxygens (including phenoxy) is 4. The molecule has 0 spiro atoms. The van der Waals surface area contributed by atoms with Gasteiger partial charge in [-0.25, -0.2) is 4.79 Å². The zero-order valence-electron chi connectivity index (χ0n) is 35.9. The molecule has 1 saturated carbocycles. The zero-order chi connectivity index (χ0) is 42.8. The average Bonchev–Trinajstić information content (AvgIpc) is 3.62. The van der Waals surface area contributed by atoms with Crippen LogP contribution in [-0.4, -0.2) is 39.4 Å². The smallest absolute Gasteiger partial charge is 0.407 e. The van der Waals surface area contributed by atoms with E-state index in [-0.39, 0.29) is 31.1 Å². The summed E-state index contributed by atoms with van der Waals surface area (Å²) in [6, 6.07) is 45.5. The van der Waals surface area contributed by atoms with E-state index in [0.29, 0.717) is 23.2 Å². The molecule has 2 aliphatic carbocycles. The second-order valence-corrected chi connectivity index (χ2v) is 16.5. The van der Waals surface area contributed by atoms with E-state index in [1.54, 1.807) is 32.4 Å². The van der Waals surface area contributed by atoms with Gasteiger partial charge in [-0.3, -0.25) is 4.79 Å². The third-order valence-corrected chi connectivity index (χ3v) is 12.5. The van der Waals surface area contributed by atoms with Crippen molar-refractivity contribution in [2.45, 2.75) is 75.8 Å². The number of hydrogen-bond acceptors (Lipinski definition) is 6. The molecule has 1 fully saturated rings. The molecule has 6 aromatic carbocycles. The average molecular weight is 829 g/mol. The minimum atomic E-state index is -0.641. The van der Waals surface area contributed by atoms with Crippen molar-refractivity contribution < 1.29 is 28.5 Å². The predicted molar refractivity (Wildman–Crippen MR) is 244 cm³/mol. The number of carbonyl (C=O) groups excluding carboxylic acids is 2. The molecule has 2 amide bonds. The molecule has 8 nitrogen and oxygen atoms in total. The summed E-state index contributed by atoms with van der Waals surface area (Å²) in [4.78, 5) is 27.3. The van der Waals surface area contributed by atoms with Crippen LogP contribution in [0, 0.1) is 6.92 Å². The highest BCUT2D eigenvalue weighted by Crippen LogP contribution is 2.45. The van der Waals surface area contributed by atoms with E-state index in [2.05, 4.69) is 90.4 Å². The van der Waals surface area contributed by atoms with E-state index in [0.717, 1.165) is 50.1 Å². The molecule has 62 heavy (non-hydrogen) atoms. The minimum Gasteiger partial charge on any atom is -0.497 e. The normalized spacial score (nSPS) is 14.9. The molecule has 0 radical (unpaired) electrons. The van der Waals surface area contributed by atoms with E-state index in [9.17, 15) is 9.59 Å². The van der Waals surface area contributed by atoms with Crippen molar-refractivity contribution >= 4 is 12.0 Å². The van der Waals surface area contributed by atoms with Crippen molar-refractivity contribution in [3.05, 3.63) is 184 Å². The number of hydrogen-bond donors (Lipinski definition) is 2. The second kappa shape index (κ2) is 19.9. The SMILES string of the molecule is COc1ccc(C(NC(=O)OCC2c3ccccc3-c3ccccc32)c2ccc(OCC(=O)NC(c3ccc(C)cc3)c3ccc(C4CCCCCCC4)cc3)cc2)c(OC)c1. The van der Waals surface area contributed by atoms with E-state index < -0.39 is 12.1 Å². The highest BCUT2D eigenvalue weighted by Gasteiger charge is 2.30. The van der Waals surface area contributed by atoms with Gasteiger partial charge in [0.2, 0.25) is 0 Å². The molecular weight excluding hydrogens is 773 g/mol. The third-order valence-electron chi connectivity index (χ3n) is 12.5. The summed E-state index contributed by atoms with van der Waals surface area (Å²) in [6.45, 7) is 2.07. The lowest BCUT2D eigenvalue weighted by molar-refractivity contribution is -0.123. The molecule has 0 heterocycles. The van der Waals surface area contributed by atoms with Gasteiger partial charge in [-0.15, -0.1) is 0 Å². The largest absolute Gasteiger partial charge is 0.497 e. The number of methoxy groups -OCH3 is 2. The molecule has 0 bridgehead atoms. The van der Waals surface area contributed by atoms with Gasteiger partial charge in [-0.05, 0) is 94.5 Å². The van der Waals surface area contributed by atoms with Gasteiger partial charge in [-0.2, -0.15) is 0 Å². The van der Waals surface area contributed by atoms with Gasteiger partial charge < -0.3 is 29.6 Å². The number of aryl methyl sites for hydroxylation is 1. The van der Waals surface area contributed by atoms with Crippen LogP contribution in [0.4, 0.5) is 4.79 Å². The maximum absolute atomic E-state index is 13.7. The fourth-order valence-corrected chi connectivity index (χ4v) is 9.13. The fourth-order valence-electron chi connectivity index (χ4n) is 9.13.